The number of alkyl halides is 1. The molecule has 0 saturated heterocycles. The Morgan fingerprint density at radius 1 is 1.40 bits per heavy atom. The molecule has 0 radical (unpaired) electrons. The molecule has 0 heterocycles. The second-order valence-corrected chi connectivity index (χ2v) is 5.46. The van der Waals surface area contributed by atoms with Crippen LogP contribution in [0.3, 0.4) is 0 Å². The van der Waals surface area contributed by atoms with Crippen molar-refractivity contribution in [2.24, 2.45) is 11.3 Å². The zero-order chi connectivity index (χ0) is 11.1. The van der Waals surface area contributed by atoms with E-state index in [0.29, 0.717) is 11.3 Å². The van der Waals surface area contributed by atoms with E-state index in [0.717, 1.165) is 38.6 Å². The van der Waals surface area contributed by atoms with Crippen molar-refractivity contribution in [3.05, 3.63) is 0 Å². The van der Waals surface area contributed by atoms with Crippen LogP contribution in [0.1, 0.15) is 33.1 Å². The summed E-state index contributed by atoms with van der Waals surface area (Å²) in [6, 6.07) is 0. The van der Waals surface area contributed by atoms with Crippen molar-refractivity contribution < 1.29 is 4.74 Å². The third-order valence-electron chi connectivity index (χ3n) is 2.96. The Balaban J connectivity index is 1.89. The fraction of sp³-hybridized carbons (Fsp3) is 1.00. The highest BCUT2D eigenvalue weighted by atomic mass is 35.5. The first-order chi connectivity index (χ1) is 7.18. The maximum atomic E-state index is 5.77. The van der Waals surface area contributed by atoms with E-state index >= 15 is 0 Å². The summed E-state index contributed by atoms with van der Waals surface area (Å²) in [4.78, 5) is 0. The molecule has 0 amide bonds. The second kappa shape index (κ2) is 6.72. The number of rotatable bonds is 9. The number of nitrogens with one attached hydrogen (secondary N) is 1. The summed E-state index contributed by atoms with van der Waals surface area (Å²) < 4.78 is 5.50. The third kappa shape index (κ3) is 5.74. The summed E-state index contributed by atoms with van der Waals surface area (Å²) in [6.07, 6.45) is 3.85. The summed E-state index contributed by atoms with van der Waals surface area (Å²) in [7, 11) is 0. The SMILES string of the molecule is CC(C)COCCNCC1(CCCl)CC1. The quantitative estimate of drug-likeness (QED) is 0.489. The van der Waals surface area contributed by atoms with Crippen LogP contribution in [-0.2, 0) is 4.74 Å². The van der Waals surface area contributed by atoms with Gasteiger partial charge in [-0.15, -0.1) is 11.6 Å². The Morgan fingerprint density at radius 2 is 2.13 bits per heavy atom. The topological polar surface area (TPSA) is 21.3 Å². The molecule has 0 spiro atoms. The van der Waals surface area contributed by atoms with Gasteiger partial charge >= 0.3 is 0 Å². The first-order valence-corrected chi connectivity index (χ1v) is 6.56. The Kier molecular flexibility index (Phi) is 5.95. The lowest BCUT2D eigenvalue weighted by atomic mass is 10.0. The highest BCUT2D eigenvalue weighted by Gasteiger charge is 2.40. The van der Waals surface area contributed by atoms with Crippen LogP contribution >= 0.6 is 11.6 Å². The monoisotopic (exact) mass is 233 g/mol. The predicted molar refractivity (Wildman–Crippen MR) is 65.5 cm³/mol. The summed E-state index contributed by atoms with van der Waals surface area (Å²) >= 11 is 5.77. The molecule has 0 aliphatic heterocycles. The minimum atomic E-state index is 0.541. The van der Waals surface area contributed by atoms with Crippen molar-refractivity contribution in [2.45, 2.75) is 33.1 Å². The average Bonchev–Trinajstić information content (AvgIpc) is 2.92. The van der Waals surface area contributed by atoms with E-state index in [1.807, 2.05) is 0 Å². The molecule has 0 aromatic rings. The second-order valence-electron chi connectivity index (χ2n) is 5.08. The van der Waals surface area contributed by atoms with E-state index in [1.165, 1.54) is 12.8 Å². The van der Waals surface area contributed by atoms with E-state index in [1.54, 1.807) is 0 Å². The van der Waals surface area contributed by atoms with Gasteiger partial charge in [0.15, 0.2) is 0 Å². The van der Waals surface area contributed by atoms with E-state index in [4.69, 9.17) is 16.3 Å². The molecule has 1 rings (SSSR count). The molecule has 1 aliphatic carbocycles. The van der Waals surface area contributed by atoms with Gasteiger partial charge in [0.05, 0.1) is 6.61 Å². The molecule has 1 saturated carbocycles. The van der Waals surface area contributed by atoms with Crippen LogP contribution in [-0.4, -0.2) is 32.2 Å². The van der Waals surface area contributed by atoms with E-state index in [9.17, 15) is 0 Å². The number of hydrogen-bond acceptors (Lipinski definition) is 2. The van der Waals surface area contributed by atoms with Gasteiger partial charge in [-0.3, -0.25) is 0 Å². The van der Waals surface area contributed by atoms with Crippen LogP contribution in [0.2, 0.25) is 0 Å². The summed E-state index contributed by atoms with van der Waals surface area (Å²) in [5.41, 5.74) is 0.541. The average molecular weight is 234 g/mol. The molecule has 1 aliphatic rings. The van der Waals surface area contributed by atoms with E-state index < -0.39 is 0 Å². The lowest BCUT2D eigenvalue weighted by Crippen LogP contribution is -2.28. The van der Waals surface area contributed by atoms with Gasteiger partial charge in [-0.05, 0) is 30.6 Å². The minimum Gasteiger partial charge on any atom is -0.380 e. The molecule has 1 fully saturated rings. The summed E-state index contributed by atoms with van der Waals surface area (Å²) in [5.74, 6) is 1.43. The molecule has 0 unspecified atom stereocenters. The smallest absolute Gasteiger partial charge is 0.0591 e. The Labute approximate surface area is 98.7 Å². The largest absolute Gasteiger partial charge is 0.380 e. The maximum absolute atomic E-state index is 5.77. The molecule has 0 bridgehead atoms. The fourth-order valence-electron chi connectivity index (χ4n) is 1.71. The van der Waals surface area contributed by atoms with Gasteiger partial charge in [-0.2, -0.15) is 0 Å². The van der Waals surface area contributed by atoms with Crippen molar-refractivity contribution in [2.75, 3.05) is 32.2 Å². The normalized spacial score (nSPS) is 18.4. The van der Waals surface area contributed by atoms with Gasteiger partial charge in [0.2, 0.25) is 0 Å². The Morgan fingerprint density at radius 3 is 2.67 bits per heavy atom. The van der Waals surface area contributed by atoms with Gasteiger partial charge < -0.3 is 10.1 Å². The molecule has 3 heteroatoms. The van der Waals surface area contributed by atoms with Gasteiger partial charge in [-0.1, -0.05) is 13.8 Å². The molecule has 0 aromatic carbocycles. The van der Waals surface area contributed by atoms with Gasteiger partial charge in [0, 0.05) is 25.6 Å². The minimum absolute atomic E-state index is 0.541. The highest BCUT2D eigenvalue weighted by molar-refractivity contribution is 6.17. The van der Waals surface area contributed by atoms with Crippen LogP contribution in [0, 0.1) is 11.3 Å². The lowest BCUT2D eigenvalue weighted by molar-refractivity contribution is 0.111. The van der Waals surface area contributed by atoms with Crippen LogP contribution in [0.15, 0.2) is 0 Å². The van der Waals surface area contributed by atoms with Gasteiger partial charge in [-0.25, -0.2) is 0 Å². The van der Waals surface area contributed by atoms with Crippen molar-refractivity contribution in [3.8, 4) is 0 Å². The highest BCUT2D eigenvalue weighted by Crippen LogP contribution is 2.48. The summed E-state index contributed by atoms with van der Waals surface area (Å²) in [6.45, 7) is 8.13. The molecule has 15 heavy (non-hydrogen) atoms. The van der Waals surface area contributed by atoms with Crippen molar-refractivity contribution in [1.29, 1.82) is 0 Å². The Hall–Kier alpha value is 0.210. The van der Waals surface area contributed by atoms with Crippen molar-refractivity contribution in [3.63, 3.8) is 0 Å². The molecule has 90 valence electrons. The van der Waals surface area contributed by atoms with Crippen LogP contribution in [0.4, 0.5) is 0 Å². The van der Waals surface area contributed by atoms with Gasteiger partial charge in [0.25, 0.3) is 0 Å². The Bertz CT molecular complexity index is 169. The maximum Gasteiger partial charge on any atom is 0.0591 e. The number of halogens is 1. The van der Waals surface area contributed by atoms with Crippen LogP contribution < -0.4 is 5.32 Å². The van der Waals surface area contributed by atoms with Crippen LogP contribution in [0.25, 0.3) is 0 Å². The zero-order valence-corrected chi connectivity index (χ0v) is 10.8. The number of ether oxygens (including phenoxy) is 1. The molecule has 0 aromatic heterocycles. The van der Waals surface area contributed by atoms with Crippen molar-refractivity contribution in [1.82, 2.24) is 5.32 Å². The van der Waals surface area contributed by atoms with Crippen molar-refractivity contribution >= 4 is 11.6 Å². The zero-order valence-electron chi connectivity index (χ0n) is 10.0. The fourth-order valence-corrected chi connectivity index (χ4v) is 2.11. The molecule has 1 N–H and O–H groups in total. The third-order valence-corrected chi connectivity index (χ3v) is 3.15. The standard InChI is InChI=1S/C12H24ClNO/c1-11(2)9-15-8-7-14-10-12(3-4-12)5-6-13/h11,14H,3-10H2,1-2H3. The lowest BCUT2D eigenvalue weighted by Gasteiger charge is -2.14. The molecular weight excluding hydrogens is 210 g/mol. The molecular formula is C12H24ClNO. The molecule has 2 nitrogen and oxygen atoms in total. The van der Waals surface area contributed by atoms with Gasteiger partial charge in [0.1, 0.15) is 0 Å². The summed E-state index contributed by atoms with van der Waals surface area (Å²) in [5, 5.41) is 3.46. The molecule has 0 atom stereocenters. The predicted octanol–water partition coefficient (Wildman–Crippen LogP) is 2.66. The van der Waals surface area contributed by atoms with E-state index in [2.05, 4.69) is 19.2 Å². The van der Waals surface area contributed by atoms with Crippen LogP contribution in [0.5, 0.6) is 0 Å². The first-order valence-electron chi connectivity index (χ1n) is 6.03. The van der Waals surface area contributed by atoms with E-state index in [-0.39, 0.29) is 0 Å². The first kappa shape index (κ1) is 13.3. The number of hydrogen-bond donors (Lipinski definition) is 1.